The van der Waals surface area contributed by atoms with Gasteiger partial charge in [-0.3, -0.25) is 4.40 Å². The van der Waals surface area contributed by atoms with Crippen LogP contribution in [-0.2, 0) is 5.41 Å². The van der Waals surface area contributed by atoms with Gasteiger partial charge in [-0.15, -0.1) is 10.2 Å². The van der Waals surface area contributed by atoms with Crippen LogP contribution < -0.4 is 4.90 Å². The fraction of sp³-hybridized carbons (Fsp3) is 0.350. The summed E-state index contributed by atoms with van der Waals surface area (Å²) >= 11 is 0. The summed E-state index contributed by atoms with van der Waals surface area (Å²) in [6.07, 6.45) is 2.01. The first-order valence-corrected chi connectivity index (χ1v) is 8.44. The first kappa shape index (κ1) is 17.1. The Labute approximate surface area is 149 Å². The number of aromatic nitrogens is 2. The van der Waals surface area contributed by atoms with E-state index in [2.05, 4.69) is 55.0 Å². The summed E-state index contributed by atoms with van der Waals surface area (Å²) < 4.78 is 2.01. The van der Waals surface area contributed by atoms with Gasteiger partial charge in [-0.05, 0) is 48.9 Å². The zero-order valence-electron chi connectivity index (χ0n) is 15.8. The average Bonchev–Trinajstić information content (AvgIpc) is 2.91. The summed E-state index contributed by atoms with van der Waals surface area (Å²) in [4.78, 5) is 6.86. The van der Waals surface area contributed by atoms with Crippen LogP contribution in [0.25, 0.3) is 5.65 Å². The van der Waals surface area contributed by atoms with Gasteiger partial charge in [-0.25, -0.2) is 4.98 Å². The van der Waals surface area contributed by atoms with Gasteiger partial charge < -0.3 is 4.90 Å². The second-order valence-corrected chi connectivity index (χ2v) is 7.58. The van der Waals surface area contributed by atoms with Gasteiger partial charge in [0.15, 0.2) is 5.82 Å². The van der Waals surface area contributed by atoms with E-state index in [1.54, 1.807) is 0 Å². The maximum Gasteiger partial charge on any atom is 0.183 e. The fourth-order valence-corrected chi connectivity index (χ4v) is 2.65. The van der Waals surface area contributed by atoms with E-state index >= 15 is 0 Å². The molecule has 0 atom stereocenters. The Morgan fingerprint density at radius 3 is 2.28 bits per heavy atom. The number of nitrogens with zero attached hydrogens (tertiary/aromatic N) is 5. The summed E-state index contributed by atoms with van der Waals surface area (Å²) in [6.45, 7) is 8.50. The van der Waals surface area contributed by atoms with Gasteiger partial charge in [0.05, 0.1) is 11.4 Å². The Hall–Kier alpha value is -2.69. The summed E-state index contributed by atoms with van der Waals surface area (Å²) in [5.74, 6) is 0.791. The molecular weight excluding hydrogens is 310 g/mol. The van der Waals surface area contributed by atoms with Gasteiger partial charge in [-0.2, -0.15) is 0 Å². The molecule has 0 aliphatic carbocycles. The number of anilines is 1. The van der Waals surface area contributed by atoms with Gasteiger partial charge in [0.25, 0.3) is 0 Å². The number of imidazole rings is 1. The Morgan fingerprint density at radius 2 is 1.68 bits per heavy atom. The molecule has 0 aliphatic heterocycles. The van der Waals surface area contributed by atoms with Crippen molar-refractivity contribution >= 4 is 22.8 Å². The third kappa shape index (κ3) is 3.55. The largest absolute Gasteiger partial charge is 0.378 e. The van der Waals surface area contributed by atoms with Gasteiger partial charge >= 0.3 is 0 Å². The minimum absolute atomic E-state index is 0.108. The van der Waals surface area contributed by atoms with Crippen LogP contribution in [0.1, 0.15) is 32.0 Å². The van der Waals surface area contributed by atoms with E-state index in [0.29, 0.717) is 0 Å². The topological polar surface area (TPSA) is 45.3 Å². The lowest BCUT2D eigenvalue weighted by Gasteiger charge is -2.15. The standard InChI is InChI=1S/C20H25N5/c1-14-11-12-25-17(13-14)21-18(20(2,3)4)19(25)23-22-15-7-9-16(10-8-15)24(5)6/h7-13H,1-6H3. The van der Waals surface area contributed by atoms with E-state index in [1.165, 1.54) is 5.56 Å². The summed E-state index contributed by atoms with van der Waals surface area (Å²) in [7, 11) is 4.04. The van der Waals surface area contributed by atoms with Crippen molar-refractivity contribution < 1.29 is 0 Å². The van der Waals surface area contributed by atoms with Crippen LogP contribution in [0.4, 0.5) is 17.2 Å². The highest BCUT2D eigenvalue weighted by Crippen LogP contribution is 2.33. The molecule has 1 aromatic carbocycles. The SMILES string of the molecule is Cc1ccn2c(N=Nc3ccc(N(C)C)cc3)c(C(C)(C)C)nc2c1. The van der Waals surface area contributed by atoms with E-state index < -0.39 is 0 Å². The van der Waals surface area contributed by atoms with Crippen LogP contribution in [0.3, 0.4) is 0 Å². The molecule has 130 valence electrons. The lowest BCUT2D eigenvalue weighted by molar-refractivity contribution is 0.574. The molecular formula is C20H25N5. The van der Waals surface area contributed by atoms with Crippen molar-refractivity contribution in [1.29, 1.82) is 0 Å². The molecule has 3 aromatic rings. The smallest absolute Gasteiger partial charge is 0.183 e. The van der Waals surface area contributed by atoms with Crippen molar-refractivity contribution in [2.75, 3.05) is 19.0 Å². The number of hydrogen-bond donors (Lipinski definition) is 0. The number of hydrogen-bond acceptors (Lipinski definition) is 4. The maximum atomic E-state index is 4.80. The monoisotopic (exact) mass is 335 g/mol. The Morgan fingerprint density at radius 1 is 1.00 bits per heavy atom. The van der Waals surface area contributed by atoms with Crippen LogP contribution in [0.2, 0.25) is 0 Å². The molecule has 0 saturated carbocycles. The van der Waals surface area contributed by atoms with E-state index in [-0.39, 0.29) is 5.41 Å². The van der Waals surface area contributed by atoms with Crippen LogP contribution in [0.5, 0.6) is 0 Å². The number of benzene rings is 1. The third-order valence-electron chi connectivity index (χ3n) is 4.09. The molecule has 0 bridgehead atoms. The molecule has 3 rings (SSSR count). The molecule has 0 spiro atoms. The van der Waals surface area contributed by atoms with Crippen molar-refractivity contribution in [2.45, 2.75) is 33.1 Å². The lowest BCUT2D eigenvalue weighted by Crippen LogP contribution is -2.11. The van der Waals surface area contributed by atoms with Crippen LogP contribution in [0, 0.1) is 6.92 Å². The van der Waals surface area contributed by atoms with Crippen molar-refractivity contribution in [3.05, 3.63) is 53.9 Å². The molecule has 2 aromatic heterocycles. The first-order chi connectivity index (χ1) is 11.8. The minimum atomic E-state index is -0.108. The van der Waals surface area contributed by atoms with Crippen LogP contribution in [0.15, 0.2) is 52.8 Å². The van der Waals surface area contributed by atoms with Crippen molar-refractivity contribution in [2.24, 2.45) is 10.2 Å². The predicted molar refractivity (Wildman–Crippen MR) is 104 cm³/mol. The third-order valence-corrected chi connectivity index (χ3v) is 4.09. The van der Waals surface area contributed by atoms with E-state index in [1.807, 2.05) is 49.0 Å². The molecule has 0 radical (unpaired) electrons. The normalized spacial score (nSPS) is 12.2. The number of fused-ring (bicyclic) bond motifs is 1. The van der Waals surface area contributed by atoms with Crippen LogP contribution >= 0.6 is 0 Å². The molecule has 0 amide bonds. The predicted octanol–water partition coefficient (Wildman–Crippen LogP) is 5.42. The Bertz CT molecular complexity index is 912. The lowest BCUT2D eigenvalue weighted by atomic mass is 9.92. The zero-order valence-corrected chi connectivity index (χ0v) is 15.8. The molecule has 0 unspecified atom stereocenters. The number of pyridine rings is 1. The highest BCUT2D eigenvalue weighted by Gasteiger charge is 2.24. The number of azo groups is 1. The fourth-order valence-electron chi connectivity index (χ4n) is 2.65. The van der Waals surface area contributed by atoms with Crippen LogP contribution in [-0.4, -0.2) is 23.5 Å². The minimum Gasteiger partial charge on any atom is -0.378 e. The molecule has 25 heavy (non-hydrogen) atoms. The summed E-state index contributed by atoms with van der Waals surface area (Å²) in [5, 5.41) is 8.99. The number of aryl methyl sites for hydroxylation is 1. The molecule has 0 aliphatic rings. The van der Waals surface area contributed by atoms with Gasteiger partial charge in [0, 0.05) is 31.4 Å². The zero-order chi connectivity index (χ0) is 18.2. The molecule has 5 heteroatoms. The molecule has 0 saturated heterocycles. The van der Waals surface area contributed by atoms with Gasteiger partial charge in [0.1, 0.15) is 5.65 Å². The second kappa shape index (κ2) is 6.31. The number of rotatable bonds is 3. The maximum absolute atomic E-state index is 4.80. The van der Waals surface area contributed by atoms with E-state index in [9.17, 15) is 0 Å². The summed E-state index contributed by atoms with van der Waals surface area (Å²) in [6, 6.07) is 12.2. The van der Waals surface area contributed by atoms with Crippen molar-refractivity contribution in [3.63, 3.8) is 0 Å². The van der Waals surface area contributed by atoms with Crippen molar-refractivity contribution in [1.82, 2.24) is 9.38 Å². The van der Waals surface area contributed by atoms with Crippen molar-refractivity contribution in [3.8, 4) is 0 Å². The molecule has 0 N–H and O–H groups in total. The highest BCUT2D eigenvalue weighted by molar-refractivity contribution is 5.56. The molecule has 5 nitrogen and oxygen atoms in total. The van der Waals surface area contributed by atoms with Gasteiger partial charge in [-0.1, -0.05) is 20.8 Å². The van der Waals surface area contributed by atoms with E-state index in [0.717, 1.165) is 28.5 Å². The quantitative estimate of drug-likeness (QED) is 0.600. The summed E-state index contributed by atoms with van der Waals surface area (Å²) in [5.41, 5.74) is 4.89. The average molecular weight is 335 g/mol. The molecule has 0 fully saturated rings. The second-order valence-electron chi connectivity index (χ2n) is 7.58. The highest BCUT2D eigenvalue weighted by atomic mass is 15.2. The Balaban J connectivity index is 2.04. The van der Waals surface area contributed by atoms with E-state index in [4.69, 9.17) is 4.98 Å². The molecule has 2 heterocycles. The van der Waals surface area contributed by atoms with Gasteiger partial charge in [0.2, 0.25) is 0 Å². The Kier molecular flexibility index (Phi) is 4.33. The first-order valence-electron chi connectivity index (χ1n) is 8.44.